The van der Waals surface area contributed by atoms with Crippen LogP contribution < -0.4 is 0 Å². The molecule has 1 aliphatic heterocycles. The summed E-state index contributed by atoms with van der Waals surface area (Å²) in [7, 11) is 0. The summed E-state index contributed by atoms with van der Waals surface area (Å²) in [5.41, 5.74) is 1.60. The van der Waals surface area contributed by atoms with Gasteiger partial charge >= 0.3 is 0 Å². The third kappa shape index (κ3) is 2.86. The molecule has 1 aliphatic carbocycles. The van der Waals surface area contributed by atoms with Crippen molar-refractivity contribution in [3.63, 3.8) is 0 Å². The van der Waals surface area contributed by atoms with E-state index < -0.39 is 0 Å². The number of rotatable bonds is 3. The Morgan fingerprint density at radius 3 is 3.00 bits per heavy atom. The highest BCUT2D eigenvalue weighted by Crippen LogP contribution is 2.29. The second-order valence-electron chi connectivity index (χ2n) is 6.13. The molecular weight excluding hydrogens is 292 g/mol. The molecule has 0 spiro atoms. The normalized spacial score (nSPS) is 23.7. The summed E-state index contributed by atoms with van der Waals surface area (Å²) >= 11 is 0. The molecule has 0 bridgehead atoms. The van der Waals surface area contributed by atoms with Gasteiger partial charge in [-0.2, -0.15) is 15.0 Å². The van der Waals surface area contributed by atoms with E-state index in [1.807, 2.05) is 35.2 Å². The fraction of sp³-hybridized carbons (Fsp3) is 0.471. The van der Waals surface area contributed by atoms with Crippen molar-refractivity contribution in [2.45, 2.75) is 37.8 Å². The summed E-state index contributed by atoms with van der Waals surface area (Å²) < 4.78 is 5.77. The summed E-state index contributed by atoms with van der Waals surface area (Å²) in [5.74, 6) is 0.130. The molecule has 2 aromatic rings. The van der Waals surface area contributed by atoms with Crippen molar-refractivity contribution >= 4 is 5.91 Å². The van der Waals surface area contributed by atoms with Gasteiger partial charge in [0.25, 0.3) is 0 Å². The number of hydrogen-bond acceptors (Lipinski definition) is 4. The fourth-order valence-corrected chi connectivity index (χ4v) is 3.55. The van der Waals surface area contributed by atoms with E-state index in [-0.39, 0.29) is 18.1 Å². The van der Waals surface area contributed by atoms with E-state index in [0.29, 0.717) is 25.3 Å². The van der Waals surface area contributed by atoms with E-state index in [2.05, 4.69) is 10.2 Å². The zero-order valence-corrected chi connectivity index (χ0v) is 13.0. The Balaban J connectivity index is 1.46. The standard InChI is InChI=1S/C17H20N4O2/c22-17(20-9-10-23-16-8-4-7-15(16)20)11-13-12-18-21(19-13)14-5-2-1-3-6-14/h1-3,5-6,12,15-16H,4,7-11H2/t15-,16-/m1/s1. The highest BCUT2D eigenvalue weighted by atomic mass is 16.5. The quantitative estimate of drug-likeness (QED) is 0.863. The minimum atomic E-state index is 0.130. The number of carbonyl (C=O) groups excluding carboxylic acids is 1. The van der Waals surface area contributed by atoms with Gasteiger partial charge in [0.15, 0.2) is 0 Å². The summed E-state index contributed by atoms with van der Waals surface area (Å²) in [6, 6.07) is 9.97. The van der Waals surface area contributed by atoms with Crippen LogP contribution in [0.25, 0.3) is 5.69 Å². The van der Waals surface area contributed by atoms with Gasteiger partial charge in [0.1, 0.15) is 0 Å². The number of morpholine rings is 1. The maximum atomic E-state index is 12.6. The minimum Gasteiger partial charge on any atom is -0.374 e. The molecule has 120 valence electrons. The Kier molecular flexibility index (Phi) is 3.83. The largest absolute Gasteiger partial charge is 0.374 e. The molecule has 2 aliphatic rings. The topological polar surface area (TPSA) is 60.2 Å². The predicted octanol–water partition coefficient (Wildman–Crippen LogP) is 1.59. The molecule has 2 fully saturated rings. The Bertz CT molecular complexity index is 685. The van der Waals surface area contributed by atoms with Crippen LogP contribution in [0.15, 0.2) is 36.5 Å². The molecule has 4 rings (SSSR count). The zero-order chi connectivity index (χ0) is 15.6. The molecule has 2 heterocycles. The third-order valence-corrected chi connectivity index (χ3v) is 4.66. The van der Waals surface area contributed by atoms with Crippen molar-refractivity contribution in [2.24, 2.45) is 0 Å². The number of hydrogen-bond donors (Lipinski definition) is 0. The van der Waals surface area contributed by atoms with Crippen LogP contribution in [-0.4, -0.2) is 51.1 Å². The van der Waals surface area contributed by atoms with Crippen LogP contribution in [0, 0.1) is 0 Å². The molecule has 0 radical (unpaired) electrons. The van der Waals surface area contributed by atoms with Gasteiger partial charge in [-0.3, -0.25) is 4.79 Å². The van der Waals surface area contributed by atoms with Crippen LogP contribution in [0.5, 0.6) is 0 Å². The first kappa shape index (κ1) is 14.4. The van der Waals surface area contributed by atoms with Crippen LogP contribution in [0.4, 0.5) is 0 Å². The number of aromatic nitrogens is 3. The van der Waals surface area contributed by atoms with E-state index in [4.69, 9.17) is 4.74 Å². The molecule has 6 heteroatoms. The van der Waals surface area contributed by atoms with Gasteiger partial charge in [-0.25, -0.2) is 0 Å². The summed E-state index contributed by atoms with van der Waals surface area (Å²) in [6.07, 6.45) is 5.47. The van der Waals surface area contributed by atoms with Gasteiger partial charge in [0.05, 0.1) is 42.8 Å². The van der Waals surface area contributed by atoms with Crippen molar-refractivity contribution in [1.29, 1.82) is 0 Å². The summed E-state index contributed by atoms with van der Waals surface area (Å²) in [4.78, 5) is 16.2. The van der Waals surface area contributed by atoms with Crippen molar-refractivity contribution in [1.82, 2.24) is 19.9 Å². The third-order valence-electron chi connectivity index (χ3n) is 4.66. The van der Waals surface area contributed by atoms with E-state index in [0.717, 1.165) is 24.9 Å². The molecule has 1 saturated heterocycles. The summed E-state index contributed by atoms with van der Waals surface area (Å²) in [5, 5.41) is 8.69. The van der Waals surface area contributed by atoms with Gasteiger partial charge in [-0.15, -0.1) is 0 Å². The van der Waals surface area contributed by atoms with E-state index in [1.54, 1.807) is 11.0 Å². The lowest BCUT2D eigenvalue weighted by molar-refractivity contribution is -0.143. The van der Waals surface area contributed by atoms with E-state index in [9.17, 15) is 4.79 Å². The number of benzene rings is 1. The second-order valence-corrected chi connectivity index (χ2v) is 6.13. The highest BCUT2D eigenvalue weighted by Gasteiger charge is 2.38. The monoisotopic (exact) mass is 312 g/mol. The molecule has 23 heavy (non-hydrogen) atoms. The van der Waals surface area contributed by atoms with Crippen LogP contribution in [0.3, 0.4) is 0 Å². The molecular formula is C17H20N4O2. The van der Waals surface area contributed by atoms with Crippen LogP contribution in [-0.2, 0) is 16.0 Å². The predicted molar refractivity (Wildman–Crippen MR) is 84.2 cm³/mol. The number of ether oxygens (including phenoxy) is 1. The van der Waals surface area contributed by atoms with Crippen molar-refractivity contribution < 1.29 is 9.53 Å². The Morgan fingerprint density at radius 1 is 1.26 bits per heavy atom. The lowest BCUT2D eigenvalue weighted by atomic mass is 10.1. The second kappa shape index (κ2) is 6.12. The minimum absolute atomic E-state index is 0.130. The van der Waals surface area contributed by atoms with Gasteiger partial charge in [0.2, 0.25) is 5.91 Å². The van der Waals surface area contributed by atoms with Gasteiger partial charge < -0.3 is 9.64 Å². The number of carbonyl (C=O) groups is 1. The number of amides is 1. The Labute approximate surface area is 135 Å². The Hall–Kier alpha value is -2.21. The van der Waals surface area contributed by atoms with Gasteiger partial charge in [-0.05, 0) is 31.4 Å². The SMILES string of the molecule is O=C(Cc1cnn(-c2ccccc2)n1)N1CCO[C@@H]2CCC[C@H]21. The van der Waals surface area contributed by atoms with E-state index in [1.165, 1.54) is 0 Å². The molecule has 6 nitrogen and oxygen atoms in total. The van der Waals surface area contributed by atoms with Crippen LogP contribution >= 0.6 is 0 Å². The number of nitrogens with zero attached hydrogens (tertiary/aromatic N) is 4. The van der Waals surface area contributed by atoms with Gasteiger partial charge in [0, 0.05) is 6.54 Å². The average molecular weight is 312 g/mol. The Morgan fingerprint density at radius 2 is 2.13 bits per heavy atom. The van der Waals surface area contributed by atoms with Crippen LogP contribution in [0.2, 0.25) is 0 Å². The first-order chi connectivity index (χ1) is 11.3. The first-order valence-electron chi connectivity index (χ1n) is 8.19. The maximum absolute atomic E-state index is 12.6. The van der Waals surface area contributed by atoms with Crippen LogP contribution in [0.1, 0.15) is 25.0 Å². The highest BCUT2D eigenvalue weighted by molar-refractivity contribution is 5.78. The maximum Gasteiger partial charge on any atom is 0.229 e. The molecule has 1 amide bonds. The lowest BCUT2D eigenvalue weighted by Gasteiger charge is -2.37. The molecule has 0 unspecified atom stereocenters. The lowest BCUT2D eigenvalue weighted by Crippen LogP contribution is -2.51. The van der Waals surface area contributed by atoms with Gasteiger partial charge in [-0.1, -0.05) is 18.2 Å². The average Bonchev–Trinajstić information content (AvgIpc) is 3.24. The first-order valence-corrected chi connectivity index (χ1v) is 8.19. The van der Waals surface area contributed by atoms with Crippen molar-refractivity contribution in [3.05, 3.63) is 42.2 Å². The number of para-hydroxylation sites is 1. The molecule has 1 aromatic carbocycles. The molecule has 0 N–H and O–H groups in total. The van der Waals surface area contributed by atoms with Crippen molar-refractivity contribution in [3.8, 4) is 5.69 Å². The zero-order valence-electron chi connectivity index (χ0n) is 13.0. The smallest absolute Gasteiger partial charge is 0.229 e. The van der Waals surface area contributed by atoms with Crippen molar-refractivity contribution in [2.75, 3.05) is 13.2 Å². The molecule has 1 saturated carbocycles. The fourth-order valence-electron chi connectivity index (χ4n) is 3.55. The summed E-state index contributed by atoms with van der Waals surface area (Å²) in [6.45, 7) is 1.33. The molecule has 2 atom stereocenters. The number of fused-ring (bicyclic) bond motifs is 1. The van der Waals surface area contributed by atoms with E-state index >= 15 is 0 Å². The molecule has 1 aromatic heterocycles.